The van der Waals surface area contributed by atoms with Gasteiger partial charge in [0.25, 0.3) is 0 Å². The number of anilines is 1. The van der Waals surface area contributed by atoms with Crippen molar-refractivity contribution < 1.29 is 4.79 Å². The summed E-state index contributed by atoms with van der Waals surface area (Å²) in [6.07, 6.45) is 1.99. The summed E-state index contributed by atoms with van der Waals surface area (Å²) in [5.74, 6) is 0. The molecule has 0 aliphatic rings. The Morgan fingerprint density at radius 1 is 1.22 bits per heavy atom. The minimum atomic E-state index is -0.214. The van der Waals surface area contributed by atoms with Gasteiger partial charge in [-0.05, 0) is 39.3 Å². The van der Waals surface area contributed by atoms with Crippen LogP contribution in [0, 0.1) is 6.92 Å². The summed E-state index contributed by atoms with van der Waals surface area (Å²) in [6.45, 7) is 8.16. The second kappa shape index (κ2) is 6.28. The monoisotopic (exact) mass is 249 g/mol. The molecule has 0 aromatic heterocycles. The van der Waals surface area contributed by atoms with Crippen LogP contribution in [0.2, 0.25) is 0 Å². The van der Waals surface area contributed by atoms with Crippen molar-refractivity contribution in [3.8, 4) is 0 Å². The van der Waals surface area contributed by atoms with Crippen molar-refractivity contribution in [1.29, 1.82) is 0 Å². The van der Waals surface area contributed by atoms with Crippen molar-refractivity contribution in [2.24, 2.45) is 0 Å². The van der Waals surface area contributed by atoms with Crippen molar-refractivity contribution >= 4 is 11.7 Å². The van der Waals surface area contributed by atoms with Crippen LogP contribution in [0.15, 0.2) is 24.3 Å². The van der Waals surface area contributed by atoms with E-state index in [9.17, 15) is 4.79 Å². The molecule has 0 radical (unpaired) electrons. The van der Waals surface area contributed by atoms with Crippen molar-refractivity contribution in [3.63, 3.8) is 0 Å². The highest BCUT2D eigenvalue weighted by molar-refractivity contribution is 5.76. The molecule has 0 spiro atoms. The molecule has 0 saturated heterocycles. The Bertz CT molecular complexity index is 385. The molecule has 1 rings (SSSR count). The molecule has 0 bridgehead atoms. The van der Waals surface area contributed by atoms with Crippen LogP contribution in [0.25, 0.3) is 0 Å². The summed E-state index contributed by atoms with van der Waals surface area (Å²) in [5.41, 5.74) is 7.37. The van der Waals surface area contributed by atoms with Crippen LogP contribution in [-0.2, 0) is 0 Å². The molecule has 100 valence electrons. The summed E-state index contributed by atoms with van der Waals surface area (Å²) in [4.78, 5) is 11.7. The minimum Gasteiger partial charge on any atom is -0.332 e. The normalized spacial score (nSPS) is 10.9. The number of hydrogen-bond acceptors (Lipinski definition) is 2. The lowest BCUT2D eigenvalue weighted by Gasteiger charge is -2.26. The number of carbonyl (C=O) groups is 1. The van der Waals surface area contributed by atoms with E-state index in [2.05, 4.69) is 23.1 Å². The number of amides is 2. The Kier molecular flexibility index (Phi) is 5.01. The maximum absolute atomic E-state index is 11.7. The van der Waals surface area contributed by atoms with Gasteiger partial charge in [0.15, 0.2) is 0 Å². The number of benzene rings is 1. The van der Waals surface area contributed by atoms with E-state index in [0.717, 1.165) is 18.5 Å². The van der Waals surface area contributed by atoms with E-state index in [1.165, 1.54) is 5.56 Å². The average Bonchev–Trinajstić information content (AvgIpc) is 2.27. The molecule has 0 heterocycles. The third-order valence-corrected chi connectivity index (χ3v) is 2.70. The van der Waals surface area contributed by atoms with Crippen molar-refractivity contribution in [3.05, 3.63) is 29.8 Å². The predicted molar refractivity (Wildman–Crippen MR) is 75.5 cm³/mol. The molecular weight excluding hydrogens is 226 g/mol. The lowest BCUT2D eigenvalue weighted by Crippen LogP contribution is -2.49. The quantitative estimate of drug-likeness (QED) is 0.702. The Morgan fingerprint density at radius 2 is 1.83 bits per heavy atom. The zero-order chi connectivity index (χ0) is 13.6. The predicted octanol–water partition coefficient (Wildman–Crippen LogP) is 3.20. The third-order valence-electron chi connectivity index (χ3n) is 2.70. The van der Waals surface area contributed by atoms with Gasteiger partial charge in [-0.1, -0.05) is 31.0 Å². The summed E-state index contributed by atoms with van der Waals surface area (Å²) < 4.78 is 0. The molecule has 1 aromatic carbocycles. The molecule has 4 nitrogen and oxygen atoms in total. The molecule has 0 saturated carbocycles. The SMILES string of the molecule is CCCC(C)(C)NC(=O)NNc1ccc(C)cc1. The molecule has 18 heavy (non-hydrogen) atoms. The van der Waals surface area contributed by atoms with E-state index in [-0.39, 0.29) is 11.6 Å². The average molecular weight is 249 g/mol. The maximum atomic E-state index is 11.7. The van der Waals surface area contributed by atoms with Gasteiger partial charge in [0.1, 0.15) is 0 Å². The van der Waals surface area contributed by atoms with Crippen LogP contribution < -0.4 is 16.2 Å². The first kappa shape index (κ1) is 14.4. The molecule has 0 unspecified atom stereocenters. The van der Waals surface area contributed by atoms with E-state index in [0.29, 0.717) is 0 Å². The number of nitrogens with one attached hydrogen (secondary N) is 3. The van der Waals surface area contributed by atoms with E-state index < -0.39 is 0 Å². The lowest BCUT2D eigenvalue weighted by molar-refractivity contribution is 0.229. The van der Waals surface area contributed by atoms with Gasteiger partial charge in [0, 0.05) is 5.54 Å². The number of urea groups is 1. The fourth-order valence-electron chi connectivity index (χ4n) is 1.79. The van der Waals surface area contributed by atoms with Crippen LogP contribution in [0.4, 0.5) is 10.5 Å². The number of hydrazine groups is 1. The maximum Gasteiger partial charge on any atom is 0.333 e. The molecule has 1 aromatic rings. The highest BCUT2D eigenvalue weighted by atomic mass is 16.2. The van der Waals surface area contributed by atoms with E-state index >= 15 is 0 Å². The van der Waals surface area contributed by atoms with E-state index in [4.69, 9.17) is 0 Å². The van der Waals surface area contributed by atoms with Crippen LogP contribution in [0.1, 0.15) is 39.2 Å². The second-order valence-corrected chi connectivity index (χ2v) is 5.20. The van der Waals surface area contributed by atoms with E-state index in [1.54, 1.807) is 0 Å². The molecule has 4 heteroatoms. The molecule has 0 aliphatic carbocycles. The Hall–Kier alpha value is -1.71. The molecule has 2 amide bonds. The van der Waals surface area contributed by atoms with Crippen molar-refractivity contribution in [2.45, 2.75) is 46.1 Å². The largest absolute Gasteiger partial charge is 0.333 e. The molecule has 0 fully saturated rings. The van der Waals surface area contributed by atoms with Gasteiger partial charge in [-0.3, -0.25) is 10.9 Å². The zero-order valence-corrected chi connectivity index (χ0v) is 11.6. The Morgan fingerprint density at radius 3 is 2.39 bits per heavy atom. The van der Waals surface area contributed by atoms with Gasteiger partial charge in [-0.15, -0.1) is 0 Å². The summed E-state index contributed by atoms with van der Waals surface area (Å²) in [7, 11) is 0. The van der Waals surface area contributed by atoms with E-state index in [1.807, 2.05) is 45.0 Å². The third kappa shape index (κ3) is 5.08. The molecule has 3 N–H and O–H groups in total. The van der Waals surface area contributed by atoms with Gasteiger partial charge in [0.2, 0.25) is 0 Å². The first-order valence-electron chi connectivity index (χ1n) is 6.34. The zero-order valence-electron chi connectivity index (χ0n) is 11.6. The van der Waals surface area contributed by atoms with Gasteiger partial charge < -0.3 is 5.32 Å². The molecular formula is C14H23N3O. The smallest absolute Gasteiger partial charge is 0.332 e. The second-order valence-electron chi connectivity index (χ2n) is 5.20. The van der Waals surface area contributed by atoms with Crippen LogP contribution >= 0.6 is 0 Å². The summed E-state index contributed by atoms with van der Waals surface area (Å²) in [5, 5.41) is 2.93. The minimum absolute atomic E-state index is 0.187. The first-order valence-corrected chi connectivity index (χ1v) is 6.34. The van der Waals surface area contributed by atoms with Crippen molar-refractivity contribution in [1.82, 2.24) is 10.7 Å². The van der Waals surface area contributed by atoms with Gasteiger partial charge >= 0.3 is 6.03 Å². The van der Waals surface area contributed by atoms with Crippen molar-refractivity contribution in [2.75, 3.05) is 5.43 Å². The highest BCUT2D eigenvalue weighted by Gasteiger charge is 2.18. The fraction of sp³-hybridized carbons (Fsp3) is 0.500. The fourth-order valence-corrected chi connectivity index (χ4v) is 1.79. The number of rotatable bonds is 5. The lowest BCUT2D eigenvalue weighted by atomic mass is 9.99. The van der Waals surface area contributed by atoms with Crippen LogP contribution in [-0.4, -0.2) is 11.6 Å². The van der Waals surface area contributed by atoms with Crippen LogP contribution in [0.3, 0.4) is 0 Å². The number of hydrogen-bond donors (Lipinski definition) is 3. The first-order chi connectivity index (χ1) is 8.43. The Labute approximate surface area is 109 Å². The molecule has 0 atom stereocenters. The topological polar surface area (TPSA) is 53.2 Å². The Balaban J connectivity index is 2.39. The standard InChI is InChI=1S/C14H23N3O/c1-5-10-14(3,4)15-13(18)17-16-12-8-6-11(2)7-9-12/h6-9,16H,5,10H2,1-4H3,(H2,15,17,18). The highest BCUT2D eigenvalue weighted by Crippen LogP contribution is 2.10. The summed E-state index contributed by atoms with van der Waals surface area (Å²) >= 11 is 0. The van der Waals surface area contributed by atoms with Crippen LogP contribution in [0.5, 0.6) is 0 Å². The van der Waals surface area contributed by atoms with Gasteiger partial charge in [0.05, 0.1) is 5.69 Å². The number of aryl methyl sites for hydroxylation is 1. The number of carbonyl (C=O) groups excluding carboxylic acids is 1. The molecule has 0 aliphatic heterocycles. The van der Waals surface area contributed by atoms with Gasteiger partial charge in [-0.2, -0.15) is 0 Å². The van der Waals surface area contributed by atoms with Gasteiger partial charge in [-0.25, -0.2) is 4.79 Å². The summed E-state index contributed by atoms with van der Waals surface area (Å²) in [6, 6.07) is 7.61.